The SMILES string of the molecule is CCCNC(c1ccc(C2CCC2)cc1)C1CCCC1C. The Hall–Kier alpha value is -0.820. The van der Waals surface area contributed by atoms with Crippen molar-refractivity contribution in [1.29, 1.82) is 0 Å². The van der Waals surface area contributed by atoms with Crippen LogP contribution in [0.25, 0.3) is 0 Å². The van der Waals surface area contributed by atoms with Crippen LogP contribution in [0.4, 0.5) is 0 Å². The van der Waals surface area contributed by atoms with Gasteiger partial charge >= 0.3 is 0 Å². The quantitative estimate of drug-likeness (QED) is 0.734. The molecule has 0 bridgehead atoms. The Morgan fingerprint density at radius 2 is 1.76 bits per heavy atom. The fraction of sp³-hybridized carbons (Fsp3) is 0.700. The third-order valence-corrected chi connectivity index (χ3v) is 5.84. The molecular weight excluding hydrogens is 254 g/mol. The lowest BCUT2D eigenvalue weighted by molar-refractivity contribution is 0.302. The summed E-state index contributed by atoms with van der Waals surface area (Å²) in [7, 11) is 0. The van der Waals surface area contributed by atoms with E-state index in [2.05, 4.69) is 43.4 Å². The van der Waals surface area contributed by atoms with E-state index in [0.717, 1.165) is 24.3 Å². The first-order valence-corrected chi connectivity index (χ1v) is 9.13. The number of rotatable bonds is 6. The number of hydrogen-bond acceptors (Lipinski definition) is 1. The number of hydrogen-bond donors (Lipinski definition) is 1. The Morgan fingerprint density at radius 3 is 2.29 bits per heavy atom. The molecule has 2 aliphatic carbocycles. The molecule has 1 aromatic carbocycles. The smallest absolute Gasteiger partial charge is 0.0351 e. The minimum atomic E-state index is 0.567. The average molecular weight is 285 g/mol. The van der Waals surface area contributed by atoms with E-state index in [1.807, 2.05) is 0 Å². The van der Waals surface area contributed by atoms with Crippen LogP contribution in [0.3, 0.4) is 0 Å². The molecule has 0 amide bonds. The minimum Gasteiger partial charge on any atom is -0.310 e. The molecule has 1 N–H and O–H groups in total. The first-order chi connectivity index (χ1) is 10.3. The number of benzene rings is 1. The highest BCUT2D eigenvalue weighted by Crippen LogP contribution is 2.41. The summed E-state index contributed by atoms with van der Waals surface area (Å²) in [5.41, 5.74) is 3.09. The summed E-state index contributed by atoms with van der Waals surface area (Å²) in [5.74, 6) is 2.54. The van der Waals surface area contributed by atoms with Gasteiger partial charge in [0.25, 0.3) is 0 Å². The summed E-state index contributed by atoms with van der Waals surface area (Å²) in [4.78, 5) is 0. The highest BCUT2D eigenvalue weighted by Gasteiger charge is 2.31. The molecule has 3 rings (SSSR count). The number of nitrogens with one attached hydrogen (secondary N) is 1. The van der Waals surface area contributed by atoms with Crippen LogP contribution in [0.15, 0.2) is 24.3 Å². The maximum Gasteiger partial charge on any atom is 0.0351 e. The molecule has 0 heterocycles. The van der Waals surface area contributed by atoms with Crippen LogP contribution in [-0.4, -0.2) is 6.54 Å². The molecule has 2 saturated carbocycles. The Bertz CT molecular complexity index is 432. The van der Waals surface area contributed by atoms with Crippen molar-refractivity contribution in [2.75, 3.05) is 6.54 Å². The average Bonchev–Trinajstić information content (AvgIpc) is 2.85. The van der Waals surface area contributed by atoms with Crippen molar-refractivity contribution < 1.29 is 0 Å². The summed E-state index contributed by atoms with van der Waals surface area (Å²) in [6.07, 6.45) is 9.66. The van der Waals surface area contributed by atoms with Crippen molar-refractivity contribution in [3.63, 3.8) is 0 Å². The van der Waals surface area contributed by atoms with Gasteiger partial charge in [0.1, 0.15) is 0 Å². The fourth-order valence-electron chi connectivity index (χ4n) is 4.20. The molecule has 21 heavy (non-hydrogen) atoms. The molecule has 3 unspecified atom stereocenters. The first-order valence-electron chi connectivity index (χ1n) is 9.13. The van der Waals surface area contributed by atoms with E-state index in [-0.39, 0.29) is 0 Å². The zero-order valence-corrected chi connectivity index (χ0v) is 13.8. The molecule has 0 aliphatic heterocycles. The zero-order chi connectivity index (χ0) is 14.7. The molecule has 0 spiro atoms. The predicted octanol–water partition coefficient (Wildman–Crippen LogP) is 5.43. The summed E-state index contributed by atoms with van der Waals surface area (Å²) in [5, 5.41) is 3.83. The van der Waals surface area contributed by atoms with Crippen LogP contribution in [0, 0.1) is 11.8 Å². The molecule has 1 aromatic rings. The first kappa shape index (κ1) is 15.1. The van der Waals surface area contributed by atoms with Crippen molar-refractivity contribution in [2.24, 2.45) is 11.8 Å². The molecule has 0 aromatic heterocycles. The Labute approximate surface area is 130 Å². The van der Waals surface area contributed by atoms with Gasteiger partial charge in [-0.25, -0.2) is 0 Å². The summed E-state index contributed by atoms with van der Waals surface area (Å²) < 4.78 is 0. The van der Waals surface area contributed by atoms with Crippen molar-refractivity contribution in [3.05, 3.63) is 35.4 Å². The van der Waals surface area contributed by atoms with E-state index in [9.17, 15) is 0 Å². The second kappa shape index (κ2) is 6.96. The van der Waals surface area contributed by atoms with Gasteiger partial charge in [0.05, 0.1) is 0 Å². The van der Waals surface area contributed by atoms with E-state index in [1.165, 1.54) is 50.5 Å². The third-order valence-electron chi connectivity index (χ3n) is 5.84. The normalized spacial score (nSPS) is 27.5. The molecule has 2 aliphatic rings. The van der Waals surface area contributed by atoms with E-state index >= 15 is 0 Å². The van der Waals surface area contributed by atoms with Crippen molar-refractivity contribution in [1.82, 2.24) is 5.32 Å². The van der Waals surface area contributed by atoms with Crippen LogP contribution < -0.4 is 5.32 Å². The second-order valence-electron chi connectivity index (χ2n) is 7.30. The van der Waals surface area contributed by atoms with Crippen LogP contribution in [0.1, 0.15) is 81.9 Å². The Morgan fingerprint density at radius 1 is 1.05 bits per heavy atom. The molecule has 2 fully saturated rings. The topological polar surface area (TPSA) is 12.0 Å². The molecule has 1 heteroatoms. The Balaban J connectivity index is 1.74. The minimum absolute atomic E-state index is 0.567. The lowest BCUT2D eigenvalue weighted by Crippen LogP contribution is -2.30. The van der Waals surface area contributed by atoms with Gasteiger partial charge in [-0.1, -0.05) is 57.4 Å². The molecule has 3 atom stereocenters. The summed E-state index contributed by atoms with van der Waals surface area (Å²) in [6.45, 7) is 5.85. The van der Waals surface area contributed by atoms with Gasteiger partial charge in [-0.2, -0.15) is 0 Å². The van der Waals surface area contributed by atoms with Gasteiger partial charge in [0.2, 0.25) is 0 Å². The van der Waals surface area contributed by atoms with Crippen LogP contribution >= 0.6 is 0 Å². The summed E-state index contributed by atoms with van der Waals surface area (Å²) >= 11 is 0. The second-order valence-corrected chi connectivity index (χ2v) is 7.30. The van der Waals surface area contributed by atoms with Gasteiger partial charge in [-0.3, -0.25) is 0 Å². The summed E-state index contributed by atoms with van der Waals surface area (Å²) in [6, 6.07) is 10.2. The van der Waals surface area contributed by atoms with Crippen LogP contribution in [0.2, 0.25) is 0 Å². The van der Waals surface area contributed by atoms with E-state index in [0.29, 0.717) is 6.04 Å². The van der Waals surface area contributed by atoms with Gasteiger partial charge in [0, 0.05) is 6.04 Å². The monoisotopic (exact) mass is 285 g/mol. The molecule has 116 valence electrons. The fourth-order valence-corrected chi connectivity index (χ4v) is 4.20. The molecule has 1 nitrogen and oxygen atoms in total. The van der Waals surface area contributed by atoms with Gasteiger partial charge < -0.3 is 5.32 Å². The lowest BCUT2D eigenvalue weighted by Gasteiger charge is -2.30. The zero-order valence-electron chi connectivity index (χ0n) is 13.8. The van der Waals surface area contributed by atoms with E-state index in [4.69, 9.17) is 0 Å². The van der Waals surface area contributed by atoms with Gasteiger partial charge in [0.15, 0.2) is 0 Å². The maximum atomic E-state index is 3.83. The van der Waals surface area contributed by atoms with Crippen LogP contribution in [0.5, 0.6) is 0 Å². The lowest BCUT2D eigenvalue weighted by atomic mass is 9.79. The van der Waals surface area contributed by atoms with Crippen molar-refractivity contribution >= 4 is 0 Å². The predicted molar refractivity (Wildman–Crippen MR) is 90.6 cm³/mol. The van der Waals surface area contributed by atoms with E-state index in [1.54, 1.807) is 5.56 Å². The molecule has 0 saturated heterocycles. The largest absolute Gasteiger partial charge is 0.310 e. The molecule has 0 radical (unpaired) electrons. The third kappa shape index (κ3) is 3.34. The van der Waals surface area contributed by atoms with Gasteiger partial charge in [-0.15, -0.1) is 0 Å². The van der Waals surface area contributed by atoms with Crippen LogP contribution in [-0.2, 0) is 0 Å². The highest BCUT2D eigenvalue weighted by atomic mass is 14.9. The van der Waals surface area contributed by atoms with E-state index < -0.39 is 0 Å². The molecular formula is C20H31N. The van der Waals surface area contributed by atoms with Gasteiger partial charge in [-0.05, 0) is 61.1 Å². The van der Waals surface area contributed by atoms with Crippen molar-refractivity contribution in [2.45, 2.75) is 70.8 Å². The van der Waals surface area contributed by atoms with Crippen molar-refractivity contribution in [3.8, 4) is 0 Å². The highest BCUT2D eigenvalue weighted by molar-refractivity contribution is 5.29. The maximum absolute atomic E-state index is 3.83. The standard InChI is InChI=1S/C20H31N/c1-3-14-21-20(19-9-4-6-15(19)2)18-12-10-17(11-13-18)16-7-5-8-16/h10-13,15-16,19-21H,3-9,14H2,1-2H3. The Kier molecular flexibility index (Phi) is 5.00.